The summed E-state index contributed by atoms with van der Waals surface area (Å²) in [4.78, 5) is 21.3. The van der Waals surface area contributed by atoms with Crippen molar-refractivity contribution in [1.82, 2.24) is 14.9 Å². The summed E-state index contributed by atoms with van der Waals surface area (Å²) in [5, 5.41) is -0.454. The first-order chi connectivity index (χ1) is 8.66. The van der Waals surface area contributed by atoms with Gasteiger partial charge in [0.25, 0.3) is 0 Å². The van der Waals surface area contributed by atoms with E-state index in [1.165, 1.54) is 6.33 Å². The van der Waals surface area contributed by atoms with Gasteiger partial charge in [0.05, 0.1) is 0 Å². The van der Waals surface area contributed by atoms with E-state index in [0.29, 0.717) is 19.0 Å². The van der Waals surface area contributed by atoms with Crippen LogP contribution in [0.25, 0.3) is 0 Å². The number of hydrogen-bond acceptors (Lipinski definition) is 4. The molecule has 1 saturated heterocycles. The zero-order chi connectivity index (χ0) is 13.0. The maximum Gasteiger partial charge on any atom is 0.240 e. The smallest absolute Gasteiger partial charge is 0.240 e. The lowest BCUT2D eigenvalue weighted by atomic mass is 10.1. The Morgan fingerprint density at radius 1 is 1.56 bits per heavy atom. The Kier molecular flexibility index (Phi) is 4.36. The first-order valence-corrected chi connectivity index (χ1v) is 6.46. The largest absolute Gasteiger partial charge is 0.474 e. The molecular formula is C12H16ClN3O2. The summed E-state index contributed by atoms with van der Waals surface area (Å²) in [5.41, 5.74) is 0. The SMILES string of the molecule is CC(Cl)C(=O)N1CCC(Oc2ccncn2)CC1. The number of hydrogen-bond donors (Lipinski definition) is 0. The third-order valence-electron chi connectivity index (χ3n) is 2.94. The predicted octanol–water partition coefficient (Wildman–Crippen LogP) is 1.47. The Morgan fingerprint density at radius 2 is 2.28 bits per heavy atom. The number of halogens is 1. The van der Waals surface area contributed by atoms with E-state index in [0.717, 1.165) is 12.8 Å². The molecule has 2 rings (SSSR count). The third-order valence-corrected chi connectivity index (χ3v) is 3.12. The molecule has 0 spiro atoms. The van der Waals surface area contributed by atoms with Crippen molar-refractivity contribution in [3.05, 3.63) is 18.6 Å². The molecule has 0 aliphatic carbocycles. The summed E-state index contributed by atoms with van der Waals surface area (Å²) < 4.78 is 5.72. The van der Waals surface area contributed by atoms with Crippen LogP contribution in [0.5, 0.6) is 5.88 Å². The van der Waals surface area contributed by atoms with Gasteiger partial charge in [-0.1, -0.05) is 0 Å². The Hall–Kier alpha value is -1.36. The van der Waals surface area contributed by atoms with E-state index >= 15 is 0 Å². The summed E-state index contributed by atoms with van der Waals surface area (Å²) in [7, 11) is 0. The Labute approximate surface area is 111 Å². The molecular weight excluding hydrogens is 254 g/mol. The zero-order valence-electron chi connectivity index (χ0n) is 10.3. The van der Waals surface area contributed by atoms with Crippen LogP contribution in [-0.4, -0.2) is 45.3 Å². The normalized spacial score (nSPS) is 18.4. The molecule has 5 nitrogen and oxygen atoms in total. The fraction of sp³-hybridized carbons (Fsp3) is 0.583. The number of likely N-dealkylation sites (tertiary alicyclic amines) is 1. The number of rotatable bonds is 3. The van der Waals surface area contributed by atoms with Gasteiger partial charge in [-0.25, -0.2) is 9.97 Å². The highest BCUT2D eigenvalue weighted by Crippen LogP contribution is 2.17. The highest BCUT2D eigenvalue weighted by Gasteiger charge is 2.26. The molecule has 98 valence electrons. The molecule has 1 unspecified atom stereocenters. The molecule has 0 aromatic carbocycles. The van der Waals surface area contributed by atoms with E-state index in [4.69, 9.17) is 16.3 Å². The molecule has 1 aliphatic heterocycles. The first kappa shape index (κ1) is 13.1. The lowest BCUT2D eigenvalue weighted by molar-refractivity contribution is -0.132. The lowest BCUT2D eigenvalue weighted by Gasteiger charge is -2.32. The van der Waals surface area contributed by atoms with Crippen molar-refractivity contribution < 1.29 is 9.53 Å². The van der Waals surface area contributed by atoms with Crippen molar-refractivity contribution >= 4 is 17.5 Å². The third kappa shape index (κ3) is 3.32. The standard InChI is InChI=1S/C12H16ClN3O2/c1-9(13)12(17)16-6-3-10(4-7-16)18-11-2-5-14-8-15-11/h2,5,8-10H,3-4,6-7H2,1H3. The minimum Gasteiger partial charge on any atom is -0.474 e. The minimum atomic E-state index is -0.454. The van der Waals surface area contributed by atoms with Crippen LogP contribution in [0.1, 0.15) is 19.8 Å². The Morgan fingerprint density at radius 3 is 2.83 bits per heavy atom. The van der Waals surface area contributed by atoms with Crippen molar-refractivity contribution in [3.8, 4) is 5.88 Å². The van der Waals surface area contributed by atoms with Crippen molar-refractivity contribution in [2.24, 2.45) is 0 Å². The van der Waals surface area contributed by atoms with Crippen molar-refractivity contribution in [3.63, 3.8) is 0 Å². The number of piperidine rings is 1. The second-order valence-electron chi connectivity index (χ2n) is 4.31. The minimum absolute atomic E-state index is 0.00264. The summed E-state index contributed by atoms with van der Waals surface area (Å²) in [6.07, 6.45) is 4.83. The van der Waals surface area contributed by atoms with Crippen LogP contribution in [0.15, 0.2) is 18.6 Å². The highest BCUT2D eigenvalue weighted by atomic mass is 35.5. The molecule has 1 aliphatic rings. The van der Waals surface area contributed by atoms with Gasteiger partial charge in [0.1, 0.15) is 17.8 Å². The number of aromatic nitrogens is 2. The van der Waals surface area contributed by atoms with Gasteiger partial charge in [-0.05, 0) is 6.92 Å². The summed E-state index contributed by atoms with van der Waals surface area (Å²) in [6.45, 7) is 3.07. The molecule has 0 saturated carbocycles. The number of carbonyl (C=O) groups excluding carboxylic acids is 1. The monoisotopic (exact) mass is 269 g/mol. The molecule has 0 radical (unpaired) electrons. The number of nitrogens with zero attached hydrogens (tertiary/aromatic N) is 3. The van der Waals surface area contributed by atoms with Crippen molar-refractivity contribution in [2.45, 2.75) is 31.2 Å². The fourth-order valence-corrected chi connectivity index (χ4v) is 2.10. The van der Waals surface area contributed by atoms with Crippen LogP contribution in [0, 0.1) is 0 Å². The number of amides is 1. The van der Waals surface area contributed by atoms with Gasteiger partial charge < -0.3 is 9.64 Å². The van der Waals surface area contributed by atoms with E-state index in [1.54, 1.807) is 24.1 Å². The molecule has 2 heterocycles. The molecule has 1 atom stereocenters. The second kappa shape index (κ2) is 6.00. The van der Waals surface area contributed by atoms with E-state index in [9.17, 15) is 4.79 Å². The highest BCUT2D eigenvalue weighted by molar-refractivity contribution is 6.30. The fourth-order valence-electron chi connectivity index (χ4n) is 1.96. The molecule has 1 aromatic rings. The Balaban J connectivity index is 1.82. The maximum absolute atomic E-state index is 11.7. The van der Waals surface area contributed by atoms with Gasteiger partial charge in [0.2, 0.25) is 11.8 Å². The van der Waals surface area contributed by atoms with Crippen LogP contribution in [-0.2, 0) is 4.79 Å². The second-order valence-corrected chi connectivity index (χ2v) is 4.96. The van der Waals surface area contributed by atoms with E-state index in [1.807, 2.05) is 0 Å². The van der Waals surface area contributed by atoms with Crippen LogP contribution < -0.4 is 4.74 Å². The van der Waals surface area contributed by atoms with Gasteiger partial charge in [0, 0.05) is 38.2 Å². The molecule has 0 bridgehead atoms. The number of ether oxygens (including phenoxy) is 1. The summed E-state index contributed by atoms with van der Waals surface area (Å²) in [6, 6.07) is 1.73. The number of carbonyl (C=O) groups is 1. The zero-order valence-corrected chi connectivity index (χ0v) is 11.0. The lowest BCUT2D eigenvalue weighted by Crippen LogP contribution is -2.44. The first-order valence-electron chi connectivity index (χ1n) is 6.02. The van der Waals surface area contributed by atoms with Gasteiger partial charge in [-0.2, -0.15) is 0 Å². The quantitative estimate of drug-likeness (QED) is 0.780. The van der Waals surface area contributed by atoms with E-state index in [2.05, 4.69) is 9.97 Å². The molecule has 1 aromatic heterocycles. The van der Waals surface area contributed by atoms with Gasteiger partial charge >= 0.3 is 0 Å². The topological polar surface area (TPSA) is 55.3 Å². The van der Waals surface area contributed by atoms with Gasteiger partial charge in [-0.15, -0.1) is 11.6 Å². The molecule has 1 fully saturated rings. The van der Waals surface area contributed by atoms with Crippen molar-refractivity contribution in [1.29, 1.82) is 0 Å². The van der Waals surface area contributed by atoms with Crippen LogP contribution in [0.4, 0.5) is 0 Å². The molecule has 6 heteroatoms. The molecule has 0 N–H and O–H groups in total. The van der Waals surface area contributed by atoms with Gasteiger partial charge in [0.15, 0.2) is 0 Å². The number of alkyl halides is 1. The van der Waals surface area contributed by atoms with Crippen LogP contribution in [0.2, 0.25) is 0 Å². The maximum atomic E-state index is 11.7. The van der Waals surface area contributed by atoms with Gasteiger partial charge in [-0.3, -0.25) is 4.79 Å². The van der Waals surface area contributed by atoms with E-state index < -0.39 is 5.38 Å². The van der Waals surface area contributed by atoms with Crippen LogP contribution in [0.3, 0.4) is 0 Å². The predicted molar refractivity (Wildman–Crippen MR) is 67.6 cm³/mol. The Bertz CT molecular complexity index is 392. The average Bonchev–Trinajstić information content (AvgIpc) is 2.40. The summed E-state index contributed by atoms with van der Waals surface area (Å²) >= 11 is 5.79. The van der Waals surface area contributed by atoms with Crippen LogP contribution >= 0.6 is 11.6 Å². The van der Waals surface area contributed by atoms with Crippen molar-refractivity contribution in [2.75, 3.05) is 13.1 Å². The summed E-state index contributed by atoms with van der Waals surface area (Å²) in [5.74, 6) is 0.581. The average molecular weight is 270 g/mol. The molecule has 1 amide bonds. The molecule has 18 heavy (non-hydrogen) atoms. The van der Waals surface area contributed by atoms with E-state index in [-0.39, 0.29) is 12.0 Å².